The van der Waals surface area contributed by atoms with Crippen LogP contribution in [0.5, 0.6) is 0 Å². The zero-order valence-corrected chi connectivity index (χ0v) is 8.29. The molecule has 1 atom stereocenters. The van der Waals surface area contributed by atoms with Crippen molar-refractivity contribution in [2.45, 2.75) is 51.6 Å². The SMILES string of the molecule is CC1CCC(C2CCC(=O)O2)CC1. The number of cyclic esters (lactones) is 1. The molecule has 1 aliphatic heterocycles. The molecule has 0 bridgehead atoms. The van der Waals surface area contributed by atoms with Gasteiger partial charge >= 0.3 is 5.97 Å². The maximum atomic E-state index is 10.9. The van der Waals surface area contributed by atoms with Crippen molar-refractivity contribution in [1.29, 1.82) is 0 Å². The van der Waals surface area contributed by atoms with Gasteiger partial charge in [0.15, 0.2) is 0 Å². The van der Waals surface area contributed by atoms with Gasteiger partial charge in [0.1, 0.15) is 6.10 Å². The standard InChI is InChI=1S/C11H18O2/c1-8-2-4-9(5-3-8)10-6-7-11(12)13-10/h8-10H,2-7H2,1H3. The normalized spacial score (nSPS) is 40.4. The van der Waals surface area contributed by atoms with Gasteiger partial charge in [-0.2, -0.15) is 0 Å². The molecule has 0 aromatic carbocycles. The third kappa shape index (κ3) is 2.04. The highest BCUT2D eigenvalue weighted by molar-refractivity contribution is 5.71. The van der Waals surface area contributed by atoms with Crippen molar-refractivity contribution < 1.29 is 9.53 Å². The van der Waals surface area contributed by atoms with E-state index in [9.17, 15) is 4.79 Å². The Hall–Kier alpha value is -0.530. The molecule has 0 spiro atoms. The van der Waals surface area contributed by atoms with E-state index in [2.05, 4.69) is 6.92 Å². The molecule has 2 heteroatoms. The Kier molecular flexibility index (Phi) is 2.56. The number of rotatable bonds is 1. The van der Waals surface area contributed by atoms with Crippen LogP contribution >= 0.6 is 0 Å². The zero-order valence-electron chi connectivity index (χ0n) is 8.29. The van der Waals surface area contributed by atoms with E-state index in [0.717, 1.165) is 12.3 Å². The predicted molar refractivity (Wildman–Crippen MR) is 50.2 cm³/mol. The third-order valence-corrected chi connectivity index (χ3v) is 3.50. The average Bonchev–Trinajstić information content (AvgIpc) is 2.53. The zero-order chi connectivity index (χ0) is 9.26. The first kappa shape index (κ1) is 9.04. The molecule has 0 N–H and O–H groups in total. The lowest BCUT2D eigenvalue weighted by Crippen LogP contribution is -2.24. The Balaban J connectivity index is 1.84. The second-order valence-corrected chi connectivity index (χ2v) is 4.59. The summed E-state index contributed by atoms with van der Waals surface area (Å²) in [6.45, 7) is 2.32. The van der Waals surface area contributed by atoms with Crippen molar-refractivity contribution in [3.8, 4) is 0 Å². The highest BCUT2D eigenvalue weighted by Gasteiger charge is 2.32. The number of esters is 1. The fourth-order valence-electron chi connectivity index (χ4n) is 2.54. The number of ether oxygens (including phenoxy) is 1. The highest BCUT2D eigenvalue weighted by atomic mass is 16.5. The van der Waals surface area contributed by atoms with E-state index in [0.29, 0.717) is 12.3 Å². The van der Waals surface area contributed by atoms with Gasteiger partial charge in [0, 0.05) is 6.42 Å². The minimum atomic E-state index is 0.0172. The second-order valence-electron chi connectivity index (χ2n) is 4.59. The number of carbonyl (C=O) groups is 1. The van der Waals surface area contributed by atoms with Gasteiger partial charge in [-0.25, -0.2) is 0 Å². The van der Waals surface area contributed by atoms with Crippen molar-refractivity contribution >= 4 is 5.97 Å². The van der Waals surface area contributed by atoms with E-state index < -0.39 is 0 Å². The van der Waals surface area contributed by atoms with Crippen molar-refractivity contribution in [3.05, 3.63) is 0 Å². The van der Waals surface area contributed by atoms with Crippen LogP contribution in [0.25, 0.3) is 0 Å². The van der Waals surface area contributed by atoms with Gasteiger partial charge < -0.3 is 4.74 Å². The Morgan fingerprint density at radius 1 is 1.15 bits per heavy atom. The molecule has 0 radical (unpaired) electrons. The van der Waals surface area contributed by atoms with Crippen molar-refractivity contribution in [2.75, 3.05) is 0 Å². The monoisotopic (exact) mass is 182 g/mol. The Labute approximate surface area is 79.7 Å². The molecular formula is C11H18O2. The van der Waals surface area contributed by atoms with Gasteiger partial charge in [0.25, 0.3) is 0 Å². The molecule has 1 saturated carbocycles. The van der Waals surface area contributed by atoms with Crippen LogP contribution in [0.1, 0.15) is 45.4 Å². The van der Waals surface area contributed by atoms with Crippen LogP contribution in [-0.2, 0) is 9.53 Å². The molecule has 2 aliphatic rings. The summed E-state index contributed by atoms with van der Waals surface area (Å²) in [6.07, 6.45) is 7.05. The lowest BCUT2D eigenvalue weighted by molar-refractivity contribution is -0.143. The molecule has 13 heavy (non-hydrogen) atoms. The van der Waals surface area contributed by atoms with Crippen LogP contribution in [0.4, 0.5) is 0 Å². The summed E-state index contributed by atoms with van der Waals surface area (Å²) in [5.74, 6) is 1.57. The summed E-state index contributed by atoms with van der Waals surface area (Å²) in [7, 11) is 0. The van der Waals surface area contributed by atoms with Crippen LogP contribution in [0.2, 0.25) is 0 Å². The van der Waals surface area contributed by atoms with Gasteiger partial charge in [-0.3, -0.25) is 4.79 Å². The van der Waals surface area contributed by atoms with Gasteiger partial charge in [0.05, 0.1) is 0 Å². The lowest BCUT2D eigenvalue weighted by Gasteiger charge is -2.29. The van der Waals surface area contributed by atoms with Crippen molar-refractivity contribution in [2.24, 2.45) is 11.8 Å². The molecule has 2 fully saturated rings. The Bertz CT molecular complexity index is 192. The molecule has 2 nitrogen and oxygen atoms in total. The molecule has 0 amide bonds. The molecule has 1 aliphatic carbocycles. The molecular weight excluding hydrogens is 164 g/mol. The van der Waals surface area contributed by atoms with Gasteiger partial charge in [-0.05, 0) is 31.1 Å². The summed E-state index contributed by atoms with van der Waals surface area (Å²) < 4.78 is 5.30. The summed E-state index contributed by atoms with van der Waals surface area (Å²) in [5, 5.41) is 0. The quantitative estimate of drug-likeness (QED) is 0.582. The van der Waals surface area contributed by atoms with E-state index in [1.807, 2.05) is 0 Å². The van der Waals surface area contributed by atoms with E-state index in [1.54, 1.807) is 0 Å². The molecule has 74 valence electrons. The topological polar surface area (TPSA) is 26.3 Å². The first-order valence-electron chi connectivity index (χ1n) is 5.45. The average molecular weight is 182 g/mol. The van der Waals surface area contributed by atoms with E-state index in [4.69, 9.17) is 4.74 Å². The smallest absolute Gasteiger partial charge is 0.306 e. The van der Waals surface area contributed by atoms with E-state index >= 15 is 0 Å². The molecule has 0 aromatic rings. The highest BCUT2D eigenvalue weighted by Crippen LogP contribution is 2.35. The predicted octanol–water partition coefficient (Wildman–Crippen LogP) is 2.52. The fraction of sp³-hybridized carbons (Fsp3) is 0.909. The third-order valence-electron chi connectivity index (χ3n) is 3.50. The number of carbonyl (C=O) groups excluding carboxylic acids is 1. The van der Waals surface area contributed by atoms with Crippen molar-refractivity contribution in [1.82, 2.24) is 0 Å². The van der Waals surface area contributed by atoms with Gasteiger partial charge in [-0.1, -0.05) is 19.8 Å². The van der Waals surface area contributed by atoms with Crippen LogP contribution in [0, 0.1) is 11.8 Å². The maximum absolute atomic E-state index is 10.9. The van der Waals surface area contributed by atoms with Crippen LogP contribution < -0.4 is 0 Å². The van der Waals surface area contributed by atoms with Crippen LogP contribution in [0.15, 0.2) is 0 Å². The summed E-state index contributed by atoms with van der Waals surface area (Å²) >= 11 is 0. The molecule has 2 rings (SSSR count). The second kappa shape index (κ2) is 3.69. The van der Waals surface area contributed by atoms with Crippen LogP contribution in [0.3, 0.4) is 0 Å². The Morgan fingerprint density at radius 2 is 1.85 bits per heavy atom. The first-order valence-corrected chi connectivity index (χ1v) is 5.45. The minimum Gasteiger partial charge on any atom is -0.462 e. The van der Waals surface area contributed by atoms with E-state index in [1.165, 1.54) is 25.7 Å². The summed E-state index contributed by atoms with van der Waals surface area (Å²) in [5.41, 5.74) is 0. The first-order chi connectivity index (χ1) is 6.25. The van der Waals surface area contributed by atoms with Gasteiger partial charge in [-0.15, -0.1) is 0 Å². The number of hydrogen-bond acceptors (Lipinski definition) is 2. The molecule has 1 heterocycles. The molecule has 0 aromatic heterocycles. The molecule has 1 unspecified atom stereocenters. The Morgan fingerprint density at radius 3 is 2.38 bits per heavy atom. The summed E-state index contributed by atoms with van der Waals surface area (Å²) in [4.78, 5) is 10.9. The molecule has 1 saturated heterocycles. The lowest BCUT2D eigenvalue weighted by atomic mass is 9.79. The van der Waals surface area contributed by atoms with Crippen LogP contribution in [-0.4, -0.2) is 12.1 Å². The maximum Gasteiger partial charge on any atom is 0.306 e. The van der Waals surface area contributed by atoms with Crippen molar-refractivity contribution in [3.63, 3.8) is 0 Å². The largest absolute Gasteiger partial charge is 0.462 e. The minimum absolute atomic E-state index is 0.0172. The van der Waals surface area contributed by atoms with Gasteiger partial charge in [0.2, 0.25) is 0 Å². The van der Waals surface area contributed by atoms with E-state index in [-0.39, 0.29) is 12.1 Å². The number of hydrogen-bond donors (Lipinski definition) is 0. The fourth-order valence-corrected chi connectivity index (χ4v) is 2.54. The summed E-state index contributed by atoms with van der Waals surface area (Å²) in [6, 6.07) is 0.